The van der Waals surface area contributed by atoms with Gasteiger partial charge < -0.3 is 13.9 Å². The van der Waals surface area contributed by atoms with Crippen molar-refractivity contribution >= 4 is 16.9 Å². The van der Waals surface area contributed by atoms with Crippen LogP contribution in [0.5, 0.6) is 5.75 Å². The van der Waals surface area contributed by atoms with E-state index >= 15 is 0 Å². The van der Waals surface area contributed by atoms with Gasteiger partial charge in [0, 0.05) is 17.0 Å². The van der Waals surface area contributed by atoms with E-state index in [0.29, 0.717) is 23.5 Å². The molecule has 134 valence electrons. The number of aryl methyl sites for hydroxylation is 1. The standard InChI is InChI=1S/C21H20O5/c1-3-14-8-9-18-16(12-20(22)26-19(18)10-14)13-25-17-7-5-6-15(11-17)21(23)24-4-2/h5-12H,3-4,13H2,1-2H3. The van der Waals surface area contributed by atoms with Crippen molar-refractivity contribution < 1.29 is 18.7 Å². The normalized spacial score (nSPS) is 10.7. The monoisotopic (exact) mass is 352 g/mol. The first-order valence-electron chi connectivity index (χ1n) is 8.56. The SMILES string of the molecule is CCOC(=O)c1cccc(OCc2cc(=O)oc3cc(CC)ccc23)c1. The minimum Gasteiger partial charge on any atom is -0.489 e. The zero-order valence-corrected chi connectivity index (χ0v) is 14.8. The van der Waals surface area contributed by atoms with Crippen LogP contribution in [0.2, 0.25) is 0 Å². The van der Waals surface area contributed by atoms with Crippen LogP contribution in [0, 0.1) is 0 Å². The van der Waals surface area contributed by atoms with Crippen LogP contribution in [0.25, 0.3) is 11.0 Å². The Bertz CT molecular complexity index is 987. The summed E-state index contributed by atoms with van der Waals surface area (Å²) in [5.74, 6) is 0.137. The second kappa shape index (κ2) is 7.87. The predicted molar refractivity (Wildman–Crippen MR) is 98.6 cm³/mol. The second-order valence-corrected chi connectivity index (χ2v) is 5.81. The summed E-state index contributed by atoms with van der Waals surface area (Å²) in [6.07, 6.45) is 0.862. The van der Waals surface area contributed by atoms with Gasteiger partial charge in [0.15, 0.2) is 0 Å². The fraction of sp³-hybridized carbons (Fsp3) is 0.238. The van der Waals surface area contributed by atoms with Crippen molar-refractivity contribution in [2.75, 3.05) is 6.61 Å². The Balaban J connectivity index is 1.85. The Hall–Kier alpha value is -3.08. The Labute approximate surface area is 151 Å². The van der Waals surface area contributed by atoms with Gasteiger partial charge in [0.1, 0.15) is 17.9 Å². The molecule has 0 aliphatic carbocycles. The van der Waals surface area contributed by atoms with Crippen LogP contribution in [-0.4, -0.2) is 12.6 Å². The number of hydrogen-bond acceptors (Lipinski definition) is 5. The highest BCUT2D eigenvalue weighted by atomic mass is 16.5. The summed E-state index contributed by atoms with van der Waals surface area (Å²) in [5, 5.41) is 0.836. The summed E-state index contributed by atoms with van der Waals surface area (Å²) in [5.41, 5.74) is 2.40. The highest BCUT2D eigenvalue weighted by molar-refractivity contribution is 5.89. The Morgan fingerprint density at radius 2 is 1.92 bits per heavy atom. The summed E-state index contributed by atoms with van der Waals surface area (Å²) in [4.78, 5) is 23.7. The first-order valence-corrected chi connectivity index (χ1v) is 8.56. The first kappa shape index (κ1) is 17.7. The molecule has 0 bridgehead atoms. The van der Waals surface area contributed by atoms with E-state index in [2.05, 4.69) is 0 Å². The predicted octanol–water partition coefficient (Wildman–Crippen LogP) is 4.11. The number of carbonyl (C=O) groups is 1. The Morgan fingerprint density at radius 1 is 1.08 bits per heavy atom. The fourth-order valence-corrected chi connectivity index (χ4v) is 2.70. The summed E-state index contributed by atoms with van der Waals surface area (Å²) >= 11 is 0. The van der Waals surface area contributed by atoms with Crippen molar-refractivity contribution in [3.05, 3.63) is 75.6 Å². The number of fused-ring (bicyclic) bond motifs is 1. The molecule has 0 N–H and O–H groups in total. The number of benzene rings is 2. The minimum absolute atomic E-state index is 0.194. The maximum absolute atomic E-state index is 11.8. The van der Waals surface area contributed by atoms with Crippen molar-refractivity contribution in [3.63, 3.8) is 0 Å². The molecule has 0 amide bonds. The summed E-state index contributed by atoms with van der Waals surface area (Å²) in [6, 6.07) is 14.0. The highest BCUT2D eigenvalue weighted by Crippen LogP contribution is 2.22. The van der Waals surface area contributed by atoms with Gasteiger partial charge >= 0.3 is 11.6 Å². The molecule has 1 heterocycles. The molecule has 0 fully saturated rings. The zero-order valence-electron chi connectivity index (χ0n) is 14.8. The van der Waals surface area contributed by atoms with Crippen LogP contribution in [0.3, 0.4) is 0 Å². The Morgan fingerprint density at radius 3 is 2.69 bits per heavy atom. The molecule has 0 atom stereocenters. The minimum atomic E-state index is -0.412. The highest BCUT2D eigenvalue weighted by Gasteiger charge is 2.10. The third kappa shape index (κ3) is 3.94. The van der Waals surface area contributed by atoms with Crippen molar-refractivity contribution in [2.45, 2.75) is 26.9 Å². The molecule has 0 saturated heterocycles. The molecule has 26 heavy (non-hydrogen) atoms. The summed E-state index contributed by atoms with van der Waals surface area (Å²) in [6.45, 7) is 4.31. The molecule has 2 aromatic carbocycles. The molecule has 0 aliphatic rings. The number of carbonyl (C=O) groups excluding carboxylic acids is 1. The second-order valence-electron chi connectivity index (χ2n) is 5.81. The topological polar surface area (TPSA) is 65.7 Å². The molecule has 3 aromatic rings. The maximum Gasteiger partial charge on any atom is 0.338 e. The van der Waals surface area contributed by atoms with Crippen molar-refractivity contribution in [1.82, 2.24) is 0 Å². The van der Waals surface area contributed by atoms with Crippen LogP contribution in [0.1, 0.15) is 35.3 Å². The third-order valence-corrected chi connectivity index (χ3v) is 4.04. The molecule has 0 aliphatic heterocycles. The van der Waals surface area contributed by atoms with Crippen LogP contribution >= 0.6 is 0 Å². The van der Waals surface area contributed by atoms with E-state index in [1.54, 1.807) is 31.2 Å². The van der Waals surface area contributed by atoms with Crippen molar-refractivity contribution in [2.24, 2.45) is 0 Å². The van der Waals surface area contributed by atoms with Gasteiger partial charge in [-0.2, -0.15) is 0 Å². The van der Waals surface area contributed by atoms with Crippen LogP contribution in [-0.2, 0) is 17.8 Å². The maximum atomic E-state index is 11.8. The van der Waals surface area contributed by atoms with Gasteiger partial charge in [-0.25, -0.2) is 9.59 Å². The quantitative estimate of drug-likeness (QED) is 0.493. The molecule has 1 aromatic heterocycles. The van der Waals surface area contributed by atoms with Crippen LogP contribution in [0.15, 0.2) is 57.7 Å². The number of hydrogen-bond donors (Lipinski definition) is 0. The van der Waals surface area contributed by atoms with Gasteiger partial charge in [0.25, 0.3) is 0 Å². The van der Waals surface area contributed by atoms with E-state index in [0.717, 1.165) is 22.9 Å². The van der Waals surface area contributed by atoms with E-state index in [1.165, 1.54) is 6.07 Å². The van der Waals surface area contributed by atoms with E-state index < -0.39 is 11.6 Å². The lowest BCUT2D eigenvalue weighted by atomic mass is 10.1. The van der Waals surface area contributed by atoms with Gasteiger partial charge in [-0.15, -0.1) is 0 Å². The molecule has 0 spiro atoms. The first-order chi connectivity index (χ1) is 12.6. The molecule has 5 heteroatoms. The molecular formula is C21H20O5. The van der Waals surface area contributed by atoms with Gasteiger partial charge in [0.2, 0.25) is 0 Å². The largest absolute Gasteiger partial charge is 0.489 e. The van der Waals surface area contributed by atoms with Gasteiger partial charge in [-0.3, -0.25) is 0 Å². The molecule has 0 unspecified atom stereocenters. The third-order valence-electron chi connectivity index (χ3n) is 4.04. The average molecular weight is 352 g/mol. The summed E-state index contributed by atoms with van der Waals surface area (Å²) in [7, 11) is 0. The van der Waals surface area contributed by atoms with Gasteiger partial charge in [-0.1, -0.05) is 25.1 Å². The molecule has 0 radical (unpaired) electrons. The van der Waals surface area contributed by atoms with E-state index in [1.807, 2.05) is 25.1 Å². The van der Waals surface area contributed by atoms with Crippen LogP contribution in [0.4, 0.5) is 0 Å². The lowest BCUT2D eigenvalue weighted by molar-refractivity contribution is 0.0526. The summed E-state index contributed by atoms with van der Waals surface area (Å²) < 4.78 is 16.1. The zero-order chi connectivity index (χ0) is 18.5. The fourth-order valence-electron chi connectivity index (χ4n) is 2.70. The van der Waals surface area contributed by atoms with E-state index in [-0.39, 0.29) is 6.61 Å². The molecular weight excluding hydrogens is 332 g/mol. The molecule has 3 rings (SSSR count). The lowest BCUT2D eigenvalue weighted by Gasteiger charge is -2.10. The van der Waals surface area contributed by atoms with Crippen molar-refractivity contribution in [1.29, 1.82) is 0 Å². The Kier molecular flexibility index (Phi) is 5.37. The molecule has 0 saturated carbocycles. The lowest BCUT2D eigenvalue weighted by Crippen LogP contribution is -2.06. The van der Waals surface area contributed by atoms with Crippen LogP contribution < -0.4 is 10.4 Å². The number of esters is 1. The average Bonchev–Trinajstić information content (AvgIpc) is 2.65. The number of rotatable bonds is 6. The van der Waals surface area contributed by atoms with Crippen molar-refractivity contribution in [3.8, 4) is 5.75 Å². The molecule has 5 nitrogen and oxygen atoms in total. The number of ether oxygens (including phenoxy) is 2. The van der Waals surface area contributed by atoms with Gasteiger partial charge in [-0.05, 0) is 43.2 Å². The van der Waals surface area contributed by atoms with E-state index in [4.69, 9.17) is 13.9 Å². The van der Waals surface area contributed by atoms with Gasteiger partial charge in [0.05, 0.1) is 12.2 Å². The van der Waals surface area contributed by atoms with E-state index in [9.17, 15) is 9.59 Å². The smallest absolute Gasteiger partial charge is 0.338 e.